The number of alkyl halides is 4. The summed E-state index contributed by atoms with van der Waals surface area (Å²) in [7, 11) is 0. The Hall–Kier alpha value is -1.71. The lowest BCUT2D eigenvalue weighted by atomic mass is 9.72. The molecule has 0 bridgehead atoms. The molecule has 4 atom stereocenters. The highest BCUT2D eigenvalue weighted by Gasteiger charge is 2.59. The third-order valence-corrected chi connectivity index (χ3v) is 9.15. The first-order chi connectivity index (χ1) is 17.6. The zero-order chi connectivity index (χ0) is 26.4. The van der Waals surface area contributed by atoms with Crippen LogP contribution in [0.3, 0.4) is 0 Å². The molecule has 37 heavy (non-hydrogen) atoms. The van der Waals surface area contributed by atoms with Gasteiger partial charge in [0.1, 0.15) is 5.72 Å². The smallest absolute Gasteiger partial charge is 0.353 e. The number of likely N-dealkylation sites (tertiary alicyclic amines) is 1. The van der Waals surface area contributed by atoms with E-state index < -0.39 is 17.5 Å². The number of nitrogens with zero attached hydrogens (tertiary/aromatic N) is 3. The Kier molecular flexibility index (Phi) is 7.59. The number of amides is 1. The Morgan fingerprint density at radius 2 is 1.86 bits per heavy atom. The van der Waals surface area contributed by atoms with Crippen LogP contribution in [0, 0.1) is 11.8 Å². The van der Waals surface area contributed by atoms with Crippen molar-refractivity contribution in [2.45, 2.75) is 88.9 Å². The first-order valence-electron chi connectivity index (χ1n) is 13.8. The van der Waals surface area contributed by atoms with E-state index in [1.165, 1.54) is 12.1 Å². The van der Waals surface area contributed by atoms with E-state index in [0.717, 1.165) is 50.9 Å². The lowest BCUT2D eigenvalue weighted by Gasteiger charge is -2.56. The first-order valence-corrected chi connectivity index (χ1v) is 13.8. The molecule has 5 nitrogen and oxygen atoms in total. The zero-order valence-electron chi connectivity index (χ0n) is 21.9. The second-order valence-electron chi connectivity index (χ2n) is 11.7. The predicted octanol–water partition coefficient (Wildman–Crippen LogP) is 5.09. The Morgan fingerprint density at radius 3 is 2.51 bits per heavy atom. The van der Waals surface area contributed by atoms with Gasteiger partial charge in [0, 0.05) is 50.6 Å². The van der Waals surface area contributed by atoms with Crippen LogP contribution in [0.25, 0.3) is 0 Å². The third kappa shape index (κ3) is 5.15. The SMILES string of the molecule is CC(C)[C@H]1CO[C@]23CC[C@H](N(Cc4ccc(C(F)(F)F)cc4)C4CN(CCCF)C4)C[C@H]2CCC(=O)N13. The van der Waals surface area contributed by atoms with E-state index in [4.69, 9.17) is 4.74 Å². The van der Waals surface area contributed by atoms with Crippen LogP contribution >= 0.6 is 0 Å². The third-order valence-electron chi connectivity index (χ3n) is 9.15. The monoisotopic (exact) mass is 525 g/mol. The number of benzene rings is 1. The molecule has 1 amide bonds. The maximum Gasteiger partial charge on any atom is 0.416 e. The normalized spacial score (nSPS) is 31.1. The Balaban J connectivity index is 1.33. The minimum absolute atomic E-state index is 0.116. The van der Waals surface area contributed by atoms with Gasteiger partial charge in [-0.2, -0.15) is 13.2 Å². The molecule has 0 aromatic heterocycles. The fourth-order valence-corrected chi connectivity index (χ4v) is 7.10. The van der Waals surface area contributed by atoms with E-state index in [1.54, 1.807) is 12.1 Å². The van der Waals surface area contributed by atoms with E-state index in [9.17, 15) is 22.4 Å². The highest BCUT2D eigenvalue weighted by molar-refractivity contribution is 5.78. The molecule has 0 radical (unpaired) electrons. The van der Waals surface area contributed by atoms with Crippen molar-refractivity contribution in [1.82, 2.24) is 14.7 Å². The minimum Gasteiger partial charge on any atom is -0.353 e. The first kappa shape index (κ1) is 26.9. The van der Waals surface area contributed by atoms with Gasteiger partial charge in [-0.25, -0.2) is 0 Å². The van der Waals surface area contributed by atoms with Crippen molar-refractivity contribution in [3.63, 3.8) is 0 Å². The lowest BCUT2D eigenvalue weighted by Crippen LogP contribution is -2.66. The molecule has 4 aliphatic rings. The summed E-state index contributed by atoms with van der Waals surface area (Å²) in [5.41, 5.74) is -0.269. The number of piperidine rings is 1. The number of halogens is 4. The fourth-order valence-electron chi connectivity index (χ4n) is 7.10. The summed E-state index contributed by atoms with van der Waals surface area (Å²) in [6.45, 7) is 7.58. The molecule has 9 heteroatoms. The summed E-state index contributed by atoms with van der Waals surface area (Å²) in [5, 5.41) is 0. The average molecular weight is 526 g/mol. The second kappa shape index (κ2) is 10.5. The van der Waals surface area contributed by atoms with E-state index >= 15 is 0 Å². The molecular weight excluding hydrogens is 486 g/mol. The molecule has 3 aliphatic heterocycles. The van der Waals surface area contributed by atoms with Gasteiger partial charge < -0.3 is 14.5 Å². The van der Waals surface area contributed by atoms with Crippen LogP contribution in [0.1, 0.15) is 63.5 Å². The van der Waals surface area contributed by atoms with Crippen molar-refractivity contribution in [3.05, 3.63) is 35.4 Å². The summed E-state index contributed by atoms with van der Waals surface area (Å²) in [6.07, 6.45) is 0.128. The maximum absolute atomic E-state index is 13.1. The Labute approximate surface area is 217 Å². The number of ether oxygens (including phenoxy) is 1. The van der Waals surface area contributed by atoms with Gasteiger partial charge >= 0.3 is 6.18 Å². The van der Waals surface area contributed by atoms with Crippen LogP contribution in [0.5, 0.6) is 0 Å². The van der Waals surface area contributed by atoms with Crippen molar-refractivity contribution < 1.29 is 27.1 Å². The van der Waals surface area contributed by atoms with E-state index in [-0.39, 0.29) is 36.6 Å². The van der Waals surface area contributed by atoms with Crippen LogP contribution in [-0.2, 0) is 22.3 Å². The van der Waals surface area contributed by atoms with Crippen LogP contribution < -0.4 is 0 Å². The van der Waals surface area contributed by atoms with Gasteiger partial charge in [-0.1, -0.05) is 26.0 Å². The van der Waals surface area contributed by atoms with E-state index in [2.05, 4.69) is 28.5 Å². The van der Waals surface area contributed by atoms with Gasteiger partial charge in [-0.15, -0.1) is 0 Å². The zero-order valence-corrected chi connectivity index (χ0v) is 21.9. The second-order valence-corrected chi connectivity index (χ2v) is 11.7. The van der Waals surface area contributed by atoms with Crippen molar-refractivity contribution in [3.8, 4) is 0 Å². The van der Waals surface area contributed by atoms with Crippen molar-refractivity contribution in [2.24, 2.45) is 11.8 Å². The molecule has 1 aromatic rings. The molecule has 1 aromatic carbocycles. The standard InChI is InChI=1S/C28H39F4N3O2/c1-19(2)25-18-37-27-11-10-23(14-22(27)8-9-26(36)35(25)27)34(24-16-33(17-24)13-3-12-29)15-20-4-6-21(7-5-20)28(30,31)32/h4-7,19,22-25H,3,8-18H2,1-2H3/t22-,23+,25-,27-/m1/s1. The molecule has 1 spiro atoms. The van der Waals surface area contributed by atoms with Gasteiger partial charge in [-0.3, -0.25) is 14.1 Å². The van der Waals surface area contributed by atoms with Crippen LogP contribution in [0.15, 0.2) is 24.3 Å². The van der Waals surface area contributed by atoms with Gasteiger partial charge in [0.05, 0.1) is 24.9 Å². The molecule has 5 rings (SSSR count). The van der Waals surface area contributed by atoms with Crippen LogP contribution in [-0.4, -0.2) is 77.4 Å². The molecule has 0 unspecified atom stereocenters. The van der Waals surface area contributed by atoms with Gasteiger partial charge in [-0.05, 0) is 55.7 Å². The quantitative estimate of drug-likeness (QED) is 0.443. The van der Waals surface area contributed by atoms with Crippen molar-refractivity contribution >= 4 is 5.91 Å². The van der Waals surface area contributed by atoms with Gasteiger partial charge in [0.25, 0.3) is 0 Å². The molecule has 3 saturated heterocycles. The minimum atomic E-state index is -4.35. The fraction of sp³-hybridized carbons (Fsp3) is 0.750. The summed E-state index contributed by atoms with van der Waals surface area (Å²) in [6, 6.07) is 6.19. The molecule has 0 N–H and O–H groups in total. The Morgan fingerprint density at radius 1 is 1.14 bits per heavy atom. The number of hydrogen-bond acceptors (Lipinski definition) is 4. The summed E-state index contributed by atoms with van der Waals surface area (Å²) in [5.74, 6) is 0.793. The molecule has 4 fully saturated rings. The largest absolute Gasteiger partial charge is 0.416 e. The highest BCUT2D eigenvalue weighted by atomic mass is 19.4. The number of carbonyl (C=O) groups excluding carboxylic acids is 1. The van der Waals surface area contributed by atoms with E-state index in [1.807, 2.05) is 0 Å². The number of carbonyl (C=O) groups is 1. The summed E-state index contributed by atoms with van der Waals surface area (Å²) in [4.78, 5) is 19.8. The average Bonchev–Trinajstić information content (AvgIpc) is 3.23. The van der Waals surface area contributed by atoms with Crippen molar-refractivity contribution in [1.29, 1.82) is 0 Å². The maximum atomic E-state index is 13.1. The molecule has 1 aliphatic carbocycles. The molecule has 1 saturated carbocycles. The summed E-state index contributed by atoms with van der Waals surface area (Å²) < 4.78 is 58.4. The predicted molar refractivity (Wildman–Crippen MR) is 132 cm³/mol. The Bertz CT molecular complexity index is 950. The molecular formula is C28H39F4N3O2. The van der Waals surface area contributed by atoms with Gasteiger partial charge in [0.15, 0.2) is 0 Å². The van der Waals surface area contributed by atoms with Crippen LogP contribution in [0.4, 0.5) is 17.6 Å². The lowest BCUT2D eigenvalue weighted by molar-refractivity contribution is -0.194. The van der Waals surface area contributed by atoms with E-state index in [0.29, 0.717) is 31.9 Å². The topological polar surface area (TPSA) is 36.0 Å². The van der Waals surface area contributed by atoms with Gasteiger partial charge in [0.2, 0.25) is 5.91 Å². The highest BCUT2D eigenvalue weighted by Crippen LogP contribution is 2.51. The number of rotatable bonds is 8. The molecule has 206 valence electrons. The van der Waals surface area contributed by atoms with Crippen LogP contribution in [0.2, 0.25) is 0 Å². The summed E-state index contributed by atoms with van der Waals surface area (Å²) >= 11 is 0. The van der Waals surface area contributed by atoms with Crippen molar-refractivity contribution in [2.75, 3.05) is 32.9 Å². The number of hydrogen-bond donors (Lipinski definition) is 0. The molecule has 3 heterocycles.